The maximum atomic E-state index is 13.7. The molecule has 0 spiro atoms. The van der Waals surface area contributed by atoms with Gasteiger partial charge in [-0.1, -0.05) is 12.1 Å². The van der Waals surface area contributed by atoms with Crippen LogP contribution in [0.1, 0.15) is 57.4 Å². The molecule has 1 N–H and O–H groups in total. The van der Waals surface area contributed by atoms with Crippen LogP contribution in [-0.2, 0) is 19.1 Å². The number of hydrogen-bond acceptors (Lipinski definition) is 5. The minimum atomic E-state index is -0.625. The molecule has 31 heavy (non-hydrogen) atoms. The van der Waals surface area contributed by atoms with Gasteiger partial charge in [-0.25, -0.2) is 14.0 Å². The summed E-state index contributed by atoms with van der Waals surface area (Å²) in [5.41, 5.74) is 3.41. The van der Waals surface area contributed by atoms with E-state index in [4.69, 9.17) is 9.47 Å². The summed E-state index contributed by atoms with van der Waals surface area (Å²) in [6, 6.07) is 6.07. The van der Waals surface area contributed by atoms with Gasteiger partial charge in [0.1, 0.15) is 5.82 Å². The maximum absolute atomic E-state index is 13.7. The second-order valence-corrected chi connectivity index (χ2v) is 9.20. The van der Waals surface area contributed by atoms with Crippen molar-refractivity contribution in [3.63, 3.8) is 0 Å². The van der Waals surface area contributed by atoms with Gasteiger partial charge < -0.3 is 14.8 Å². The lowest BCUT2D eigenvalue weighted by atomic mass is 9.42. The lowest BCUT2D eigenvalue weighted by Gasteiger charge is -2.64. The molecule has 1 aromatic rings. The van der Waals surface area contributed by atoms with Crippen molar-refractivity contribution in [2.75, 3.05) is 13.2 Å². The van der Waals surface area contributed by atoms with Crippen LogP contribution >= 0.6 is 0 Å². The minimum Gasteiger partial charge on any atom is -0.463 e. The molecule has 0 saturated heterocycles. The van der Waals surface area contributed by atoms with Gasteiger partial charge in [-0.3, -0.25) is 0 Å². The summed E-state index contributed by atoms with van der Waals surface area (Å²) in [5.74, 6) is -0.844. The third kappa shape index (κ3) is 3.27. The number of allylic oxidation sites excluding steroid dienone is 2. The third-order valence-electron chi connectivity index (χ3n) is 7.14. The van der Waals surface area contributed by atoms with Gasteiger partial charge in [0.15, 0.2) is 0 Å². The van der Waals surface area contributed by atoms with Crippen LogP contribution in [-0.4, -0.2) is 25.2 Å². The Morgan fingerprint density at radius 1 is 1.00 bits per heavy atom. The maximum Gasteiger partial charge on any atom is 0.336 e. The lowest BCUT2D eigenvalue weighted by molar-refractivity contribution is -0.140. The first-order valence-electron chi connectivity index (χ1n) is 11.3. The van der Waals surface area contributed by atoms with Crippen molar-refractivity contribution in [2.24, 2.45) is 17.3 Å². The molecule has 164 valence electrons. The number of rotatable bonds is 7. The molecule has 2 bridgehead atoms. The number of dihydropyridines is 1. The Morgan fingerprint density at radius 2 is 1.58 bits per heavy atom. The van der Waals surface area contributed by atoms with Crippen LogP contribution in [0.25, 0.3) is 0 Å². The summed E-state index contributed by atoms with van der Waals surface area (Å²) in [4.78, 5) is 26.5. The Bertz CT molecular complexity index is 972. The van der Waals surface area contributed by atoms with E-state index < -0.39 is 17.9 Å². The molecule has 5 nitrogen and oxygen atoms in total. The van der Waals surface area contributed by atoms with E-state index in [2.05, 4.69) is 5.32 Å². The molecule has 1 heterocycles. The van der Waals surface area contributed by atoms with Crippen LogP contribution in [0, 0.1) is 23.1 Å². The van der Waals surface area contributed by atoms with Gasteiger partial charge in [-0.05, 0) is 75.5 Å². The Labute approximate surface area is 181 Å². The van der Waals surface area contributed by atoms with Crippen LogP contribution in [0.3, 0.4) is 0 Å². The molecule has 1 aliphatic heterocycles. The molecule has 4 aliphatic carbocycles. The fraction of sp³-hybridized carbons (Fsp3) is 0.520. The van der Waals surface area contributed by atoms with Crippen LogP contribution in [0.4, 0.5) is 4.39 Å². The number of benzene rings is 1. The third-order valence-corrected chi connectivity index (χ3v) is 7.14. The fourth-order valence-corrected chi connectivity index (χ4v) is 5.46. The molecule has 4 fully saturated rings. The summed E-state index contributed by atoms with van der Waals surface area (Å²) in [6.45, 7) is 4.04. The van der Waals surface area contributed by atoms with E-state index >= 15 is 0 Å². The van der Waals surface area contributed by atoms with Crippen molar-refractivity contribution in [1.29, 1.82) is 0 Å². The number of carbonyl (C=O) groups is 2. The quantitative estimate of drug-likeness (QED) is 0.658. The molecule has 1 unspecified atom stereocenters. The van der Waals surface area contributed by atoms with Gasteiger partial charge in [-0.2, -0.15) is 0 Å². The average molecular weight is 426 g/mol. The predicted molar refractivity (Wildman–Crippen MR) is 112 cm³/mol. The largest absolute Gasteiger partial charge is 0.463 e. The summed E-state index contributed by atoms with van der Waals surface area (Å²) in [6.07, 6.45) is 5.17. The lowest BCUT2D eigenvalue weighted by Crippen LogP contribution is -2.57. The molecule has 1 atom stereocenters. The van der Waals surface area contributed by atoms with E-state index in [-0.39, 0.29) is 30.4 Å². The monoisotopic (exact) mass is 425 g/mol. The highest BCUT2D eigenvalue weighted by Gasteiger charge is 2.61. The Balaban J connectivity index is 1.71. The van der Waals surface area contributed by atoms with E-state index in [0.717, 1.165) is 49.4 Å². The van der Waals surface area contributed by atoms with Gasteiger partial charge in [0.2, 0.25) is 0 Å². The molecule has 0 amide bonds. The van der Waals surface area contributed by atoms with E-state index in [1.807, 2.05) is 0 Å². The van der Waals surface area contributed by atoms with Gasteiger partial charge in [-0.15, -0.1) is 0 Å². The van der Waals surface area contributed by atoms with Crippen molar-refractivity contribution in [3.05, 3.63) is 58.2 Å². The van der Waals surface area contributed by atoms with E-state index in [1.54, 1.807) is 26.0 Å². The second kappa shape index (κ2) is 7.50. The highest BCUT2D eigenvalue weighted by molar-refractivity contribution is 6.00. The van der Waals surface area contributed by atoms with Crippen LogP contribution in [0.15, 0.2) is 46.8 Å². The van der Waals surface area contributed by atoms with E-state index in [1.165, 1.54) is 12.1 Å². The van der Waals surface area contributed by atoms with Gasteiger partial charge in [0.05, 0.1) is 30.3 Å². The summed E-state index contributed by atoms with van der Waals surface area (Å²) >= 11 is 0. The minimum absolute atomic E-state index is 0.0363. The molecule has 5 aliphatic rings. The Hall–Kier alpha value is -2.63. The van der Waals surface area contributed by atoms with Crippen molar-refractivity contribution in [1.82, 2.24) is 5.32 Å². The first-order chi connectivity index (χ1) is 15.0. The first-order valence-corrected chi connectivity index (χ1v) is 11.3. The van der Waals surface area contributed by atoms with Crippen molar-refractivity contribution in [2.45, 2.75) is 51.9 Å². The molecule has 6 heteroatoms. The first kappa shape index (κ1) is 20.3. The molecule has 4 saturated carbocycles. The molecular weight excluding hydrogens is 397 g/mol. The van der Waals surface area contributed by atoms with Gasteiger partial charge in [0.25, 0.3) is 0 Å². The van der Waals surface area contributed by atoms with E-state index in [0.29, 0.717) is 16.7 Å². The Kier molecular flexibility index (Phi) is 4.91. The number of nitrogens with one attached hydrogen (secondary N) is 1. The number of hydrogen-bond donors (Lipinski definition) is 1. The molecule has 0 aromatic heterocycles. The normalized spacial score (nSPS) is 29.0. The number of halogens is 1. The molecule has 0 radical (unpaired) electrons. The number of esters is 2. The summed E-state index contributed by atoms with van der Waals surface area (Å²) in [5, 5.41) is 3.57. The molecular formula is C25H28FNO4. The summed E-state index contributed by atoms with van der Waals surface area (Å²) in [7, 11) is 0. The fourth-order valence-electron chi connectivity index (χ4n) is 5.46. The zero-order valence-corrected chi connectivity index (χ0v) is 18.0. The summed E-state index contributed by atoms with van der Waals surface area (Å²) < 4.78 is 24.7. The molecule has 6 rings (SSSR count). The van der Waals surface area contributed by atoms with Gasteiger partial charge >= 0.3 is 11.9 Å². The van der Waals surface area contributed by atoms with Crippen molar-refractivity contribution < 1.29 is 23.5 Å². The smallest absolute Gasteiger partial charge is 0.336 e. The topological polar surface area (TPSA) is 64.6 Å². The van der Waals surface area contributed by atoms with Crippen LogP contribution in [0.2, 0.25) is 0 Å². The highest BCUT2D eigenvalue weighted by Crippen LogP contribution is 2.69. The van der Waals surface area contributed by atoms with Gasteiger partial charge in [0, 0.05) is 16.8 Å². The highest BCUT2D eigenvalue weighted by atomic mass is 19.1. The SMILES string of the molecule is CCOC(=O)C1=C(C2CC2)NC(C23CC(C2)C3)=C(C(=O)OCC)C1c1ccc(F)cc1. The predicted octanol–water partition coefficient (Wildman–Crippen LogP) is 4.36. The number of carbonyl (C=O) groups excluding carboxylic acids is 2. The zero-order chi connectivity index (χ0) is 21.8. The number of ether oxygens (including phenoxy) is 2. The second-order valence-electron chi connectivity index (χ2n) is 9.20. The van der Waals surface area contributed by atoms with Crippen LogP contribution in [0.5, 0.6) is 0 Å². The Morgan fingerprint density at radius 3 is 2.06 bits per heavy atom. The van der Waals surface area contributed by atoms with Crippen LogP contribution < -0.4 is 5.32 Å². The van der Waals surface area contributed by atoms with Crippen molar-refractivity contribution >= 4 is 11.9 Å². The average Bonchev–Trinajstić information content (AvgIpc) is 3.51. The van der Waals surface area contributed by atoms with E-state index in [9.17, 15) is 14.0 Å². The zero-order valence-electron chi connectivity index (χ0n) is 18.0. The standard InChI is InChI=1S/C25H28FNO4/c1-3-30-23(28)19-18(15-7-9-17(26)10-8-15)20(24(29)31-4-2)22(25-11-14(12-25)13-25)27-21(19)16-5-6-16/h7-10,14,16,18,27H,3-6,11-13H2,1-2H3. The van der Waals surface area contributed by atoms with Crippen molar-refractivity contribution in [3.8, 4) is 0 Å². The molecule has 1 aromatic carbocycles.